The van der Waals surface area contributed by atoms with E-state index in [0.29, 0.717) is 44.2 Å². The average Bonchev–Trinajstić information content (AvgIpc) is 3.41. The van der Waals surface area contributed by atoms with E-state index < -0.39 is 0 Å². The predicted molar refractivity (Wildman–Crippen MR) is 94.8 cm³/mol. The van der Waals surface area contributed by atoms with Crippen LogP contribution in [-0.2, 0) is 24.2 Å². The first-order valence-corrected chi connectivity index (χ1v) is 9.44. The molecule has 4 heterocycles. The van der Waals surface area contributed by atoms with Crippen molar-refractivity contribution in [1.82, 2.24) is 24.6 Å². The number of aromatic nitrogens is 4. The summed E-state index contributed by atoms with van der Waals surface area (Å²) in [6.07, 6.45) is 3.71. The predicted octanol–water partition coefficient (Wildman–Crippen LogP) is 2.23. The van der Waals surface area contributed by atoms with Crippen molar-refractivity contribution in [1.29, 1.82) is 0 Å². The molecule has 3 aromatic rings. The molecule has 9 heteroatoms. The Kier molecular flexibility index (Phi) is 4.81. The SMILES string of the molecule is CCOCCn1nc(-c2cocn2)c2c1CCN(C(=O)c1cscn1)C2. The van der Waals surface area contributed by atoms with Crippen LogP contribution in [0.15, 0.2) is 28.0 Å². The van der Waals surface area contributed by atoms with Gasteiger partial charge in [-0.05, 0) is 6.92 Å². The molecule has 0 atom stereocenters. The molecule has 0 saturated carbocycles. The van der Waals surface area contributed by atoms with Crippen LogP contribution >= 0.6 is 11.3 Å². The first kappa shape index (κ1) is 16.9. The Labute approximate surface area is 154 Å². The van der Waals surface area contributed by atoms with Crippen LogP contribution in [0.4, 0.5) is 0 Å². The third-order valence-electron chi connectivity index (χ3n) is 4.40. The van der Waals surface area contributed by atoms with Gasteiger partial charge in [-0.3, -0.25) is 9.48 Å². The summed E-state index contributed by atoms with van der Waals surface area (Å²) in [6, 6.07) is 0. The number of nitrogens with zero attached hydrogens (tertiary/aromatic N) is 5. The summed E-state index contributed by atoms with van der Waals surface area (Å²) in [6.45, 7) is 5.06. The van der Waals surface area contributed by atoms with Crippen LogP contribution < -0.4 is 0 Å². The fraction of sp³-hybridized carbons (Fsp3) is 0.412. The third kappa shape index (κ3) is 3.15. The van der Waals surface area contributed by atoms with Gasteiger partial charge >= 0.3 is 0 Å². The number of carbonyl (C=O) groups is 1. The quantitative estimate of drug-likeness (QED) is 0.616. The largest absolute Gasteiger partial charge is 0.451 e. The molecule has 1 aliphatic rings. The van der Waals surface area contributed by atoms with Gasteiger partial charge < -0.3 is 14.1 Å². The van der Waals surface area contributed by atoms with E-state index in [-0.39, 0.29) is 5.91 Å². The molecule has 0 aromatic carbocycles. The van der Waals surface area contributed by atoms with Gasteiger partial charge in [-0.2, -0.15) is 5.10 Å². The van der Waals surface area contributed by atoms with Crippen molar-refractivity contribution in [3.8, 4) is 11.4 Å². The van der Waals surface area contributed by atoms with Crippen LogP contribution in [0.3, 0.4) is 0 Å². The molecular formula is C17H19N5O3S. The number of rotatable bonds is 6. The molecule has 3 aromatic heterocycles. The standard InChI is InChI=1S/C17H19N5O3S/c1-2-24-6-5-22-15-3-4-21(17(23)14-9-26-11-19-14)7-12(15)16(20-22)13-8-25-10-18-13/h8-11H,2-7H2,1H3. The monoisotopic (exact) mass is 373 g/mol. The Morgan fingerprint density at radius 1 is 1.42 bits per heavy atom. The van der Waals surface area contributed by atoms with E-state index in [4.69, 9.17) is 14.3 Å². The number of thiazole rings is 1. The number of hydrogen-bond donors (Lipinski definition) is 0. The highest BCUT2D eigenvalue weighted by molar-refractivity contribution is 7.07. The summed E-state index contributed by atoms with van der Waals surface area (Å²) in [5, 5.41) is 6.50. The summed E-state index contributed by atoms with van der Waals surface area (Å²) in [4.78, 5) is 22.9. The van der Waals surface area contributed by atoms with Gasteiger partial charge in [0, 0.05) is 36.2 Å². The Hall–Kier alpha value is -2.52. The van der Waals surface area contributed by atoms with Gasteiger partial charge in [0.05, 0.1) is 25.2 Å². The molecule has 0 unspecified atom stereocenters. The molecular weight excluding hydrogens is 354 g/mol. The zero-order valence-corrected chi connectivity index (χ0v) is 15.2. The van der Waals surface area contributed by atoms with Gasteiger partial charge in [-0.25, -0.2) is 9.97 Å². The second kappa shape index (κ2) is 7.38. The Morgan fingerprint density at radius 2 is 2.35 bits per heavy atom. The van der Waals surface area contributed by atoms with Gasteiger partial charge in [0.15, 0.2) is 6.39 Å². The zero-order chi connectivity index (χ0) is 17.9. The lowest BCUT2D eigenvalue weighted by Gasteiger charge is -2.27. The topological polar surface area (TPSA) is 86.3 Å². The van der Waals surface area contributed by atoms with Crippen molar-refractivity contribution in [2.75, 3.05) is 19.8 Å². The summed E-state index contributed by atoms with van der Waals surface area (Å²) in [5.41, 5.74) is 5.76. The highest BCUT2D eigenvalue weighted by Crippen LogP contribution is 2.30. The Balaban J connectivity index is 1.64. The lowest BCUT2D eigenvalue weighted by Crippen LogP contribution is -2.36. The van der Waals surface area contributed by atoms with Gasteiger partial charge in [0.25, 0.3) is 5.91 Å². The van der Waals surface area contributed by atoms with Crippen molar-refractivity contribution >= 4 is 17.2 Å². The van der Waals surface area contributed by atoms with Crippen LogP contribution in [-0.4, -0.2) is 50.3 Å². The van der Waals surface area contributed by atoms with Gasteiger partial charge in [-0.1, -0.05) is 0 Å². The minimum Gasteiger partial charge on any atom is -0.451 e. The van der Waals surface area contributed by atoms with Crippen LogP contribution in [0.25, 0.3) is 11.4 Å². The number of oxazole rings is 1. The molecule has 4 rings (SSSR count). The maximum atomic E-state index is 12.7. The number of amides is 1. The molecule has 0 fully saturated rings. The number of hydrogen-bond acceptors (Lipinski definition) is 7. The smallest absolute Gasteiger partial charge is 0.273 e. The van der Waals surface area contributed by atoms with Gasteiger partial charge in [-0.15, -0.1) is 11.3 Å². The van der Waals surface area contributed by atoms with E-state index in [0.717, 1.165) is 23.4 Å². The molecule has 0 saturated heterocycles. The highest BCUT2D eigenvalue weighted by atomic mass is 32.1. The van der Waals surface area contributed by atoms with Crippen LogP contribution in [0.1, 0.15) is 28.7 Å². The average molecular weight is 373 g/mol. The van der Waals surface area contributed by atoms with E-state index in [2.05, 4.69) is 9.97 Å². The lowest BCUT2D eigenvalue weighted by atomic mass is 10.0. The second-order valence-corrected chi connectivity index (χ2v) is 6.64. The first-order valence-electron chi connectivity index (χ1n) is 8.50. The van der Waals surface area contributed by atoms with Crippen LogP contribution in [0.5, 0.6) is 0 Å². The summed E-state index contributed by atoms with van der Waals surface area (Å²) in [5.74, 6) is -0.0509. The van der Waals surface area contributed by atoms with Crippen molar-refractivity contribution < 1.29 is 13.9 Å². The molecule has 0 radical (unpaired) electrons. The van der Waals surface area contributed by atoms with E-state index in [1.807, 2.05) is 16.5 Å². The summed E-state index contributed by atoms with van der Waals surface area (Å²) >= 11 is 1.42. The summed E-state index contributed by atoms with van der Waals surface area (Å²) < 4.78 is 12.6. The maximum absolute atomic E-state index is 12.7. The van der Waals surface area contributed by atoms with E-state index in [9.17, 15) is 4.79 Å². The van der Waals surface area contributed by atoms with E-state index in [1.54, 1.807) is 17.2 Å². The molecule has 26 heavy (non-hydrogen) atoms. The maximum Gasteiger partial charge on any atom is 0.273 e. The Bertz CT molecular complexity index is 873. The Morgan fingerprint density at radius 3 is 3.08 bits per heavy atom. The third-order valence-corrected chi connectivity index (χ3v) is 4.99. The minimum atomic E-state index is -0.0509. The van der Waals surface area contributed by atoms with Gasteiger partial charge in [0.1, 0.15) is 23.3 Å². The number of ether oxygens (including phenoxy) is 1. The molecule has 1 amide bonds. The van der Waals surface area contributed by atoms with E-state index >= 15 is 0 Å². The lowest BCUT2D eigenvalue weighted by molar-refractivity contribution is 0.0727. The first-order chi connectivity index (χ1) is 12.8. The van der Waals surface area contributed by atoms with Crippen LogP contribution in [0.2, 0.25) is 0 Å². The molecule has 136 valence electrons. The fourth-order valence-electron chi connectivity index (χ4n) is 3.16. The second-order valence-electron chi connectivity index (χ2n) is 5.92. The van der Waals surface area contributed by atoms with Crippen molar-refractivity contribution in [3.05, 3.63) is 40.5 Å². The van der Waals surface area contributed by atoms with Crippen molar-refractivity contribution in [3.63, 3.8) is 0 Å². The molecule has 1 aliphatic heterocycles. The number of fused-ring (bicyclic) bond motifs is 1. The molecule has 0 N–H and O–H groups in total. The molecule has 8 nitrogen and oxygen atoms in total. The zero-order valence-electron chi connectivity index (χ0n) is 14.4. The summed E-state index contributed by atoms with van der Waals surface area (Å²) in [7, 11) is 0. The normalized spacial score (nSPS) is 13.8. The highest BCUT2D eigenvalue weighted by Gasteiger charge is 2.29. The van der Waals surface area contributed by atoms with Crippen molar-refractivity contribution in [2.24, 2.45) is 0 Å². The minimum absolute atomic E-state index is 0.0509. The van der Waals surface area contributed by atoms with Crippen molar-refractivity contribution in [2.45, 2.75) is 26.4 Å². The molecule has 0 spiro atoms. The van der Waals surface area contributed by atoms with Crippen LogP contribution in [0, 0.1) is 0 Å². The fourth-order valence-corrected chi connectivity index (χ4v) is 3.69. The molecule has 0 aliphatic carbocycles. The van der Waals surface area contributed by atoms with E-state index in [1.165, 1.54) is 17.7 Å². The molecule has 0 bridgehead atoms. The van der Waals surface area contributed by atoms with Gasteiger partial charge in [0.2, 0.25) is 0 Å². The number of carbonyl (C=O) groups excluding carboxylic acids is 1.